The van der Waals surface area contributed by atoms with E-state index in [9.17, 15) is 13.2 Å². The number of nitrogens with one attached hydrogen (secondary N) is 1. The fraction of sp³-hybridized carbons (Fsp3) is 0.364. The highest BCUT2D eigenvalue weighted by molar-refractivity contribution is 7.89. The molecule has 0 aliphatic carbocycles. The maximum Gasteiger partial charge on any atom is 0.345 e. The first-order valence-electron chi connectivity index (χ1n) is 5.14. The number of hydrogen-bond donors (Lipinski definition) is 2. The largest absolute Gasteiger partial charge is 0.477 e. The molecule has 1 unspecified atom stereocenters. The molecule has 0 amide bonds. The van der Waals surface area contributed by atoms with Crippen molar-refractivity contribution >= 4 is 27.3 Å². The quantitative estimate of drug-likeness (QED) is 0.803. The zero-order valence-electron chi connectivity index (χ0n) is 9.93. The van der Waals surface area contributed by atoms with Crippen LogP contribution < -0.4 is 4.72 Å². The van der Waals surface area contributed by atoms with Gasteiger partial charge in [-0.2, -0.15) is 4.72 Å². The maximum absolute atomic E-state index is 12.0. The normalized spacial score (nSPS) is 12.9. The number of terminal acetylenes is 1. The summed E-state index contributed by atoms with van der Waals surface area (Å²) < 4.78 is 26.4. The van der Waals surface area contributed by atoms with Crippen LogP contribution in [0.2, 0.25) is 0 Å². The summed E-state index contributed by atoms with van der Waals surface area (Å²) in [5.74, 6) is 1.18. The summed E-state index contributed by atoms with van der Waals surface area (Å²) in [7, 11) is -3.77. The maximum atomic E-state index is 12.0. The number of sulfonamides is 1. The topological polar surface area (TPSA) is 83.5 Å². The van der Waals surface area contributed by atoms with Gasteiger partial charge in [0.1, 0.15) is 4.88 Å². The van der Waals surface area contributed by atoms with E-state index < -0.39 is 22.0 Å². The molecule has 18 heavy (non-hydrogen) atoms. The summed E-state index contributed by atoms with van der Waals surface area (Å²) in [4.78, 5) is 11.2. The number of rotatable bonds is 5. The average molecular weight is 287 g/mol. The second-order valence-corrected chi connectivity index (χ2v) is 6.52. The molecule has 2 N–H and O–H groups in total. The van der Waals surface area contributed by atoms with Crippen molar-refractivity contribution in [3.63, 3.8) is 0 Å². The lowest BCUT2D eigenvalue weighted by Gasteiger charge is -2.10. The summed E-state index contributed by atoms with van der Waals surface area (Å²) in [5.41, 5.74) is 0. The van der Waals surface area contributed by atoms with Crippen LogP contribution in [0.4, 0.5) is 0 Å². The number of hydrogen-bond acceptors (Lipinski definition) is 4. The summed E-state index contributed by atoms with van der Waals surface area (Å²) in [5, 5.41) is 8.83. The lowest BCUT2D eigenvalue weighted by Crippen LogP contribution is -2.33. The van der Waals surface area contributed by atoms with Gasteiger partial charge in [-0.3, -0.25) is 0 Å². The second-order valence-electron chi connectivity index (χ2n) is 3.59. The highest BCUT2D eigenvalue weighted by atomic mass is 32.2. The van der Waals surface area contributed by atoms with Crippen molar-refractivity contribution in [3.05, 3.63) is 15.8 Å². The third-order valence-corrected chi connectivity index (χ3v) is 5.04. The van der Waals surface area contributed by atoms with Crippen LogP contribution >= 0.6 is 11.3 Å². The van der Waals surface area contributed by atoms with E-state index in [1.54, 1.807) is 13.8 Å². The third-order valence-electron chi connectivity index (χ3n) is 2.28. The Morgan fingerprint density at radius 3 is 2.67 bits per heavy atom. The van der Waals surface area contributed by atoms with Gasteiger partial charge in [0.15, 0.2) is 0 Å². The van der Waals surface area contributed by atoms with E-state index in [1.807, 2.05) is 0 Å². The van der Waals surface area contributed by atoms with Crippen molar-refractivity contribution < 1.29 is 18.3 Å². The van der Waals surface area contributed by atoms with Gasteiger partial charge in [-0.05, 0) is 19.4 Å². The lowest BCUT2D eigenvalue weighted by molar-refractivity contribution is 0.0702. The fourth-order valence-electron chi connectivity index (χ4n) is 1.32. The van der Waals surface area contributed by atoms with Crippen molar-refractivity contribution in [3.8, 4) is 12.3 Å². The number of aromatic carboxylic acids is 1. The number of thiophene rings is 1. The first kappa shape index (κ1) is 14.7. The minimum absolute atomic E-state index is 0.0124. The fourth-order valence-corrected chi connectivity index (χ4v) is 3.99. The van der Waals surface area contributed by atoms with E-state index in [0.29, 0.717) is 11.3 Å². The Bertz CT molecular complexity index is 595. The van der Waals surface area contributed by atoms with Crippen LogP contribution in [0.5, 0.6) is 0 Å². The molecule has 0 aliphatic rings. The Morgan fingerprint density at radius 1 is 1.67 bits per heavy atom. The van der Waals surface area contributed by atoms with Gasteiger partial charge in [0.05, 0.1) is 10.9 Å². The van der Waals surface area contributed by atoms with Gasteiger partial charge in [-0.25, -0.2) is 13.2 Å². The molecule has 0 aliphatic heterocycles. The summed E-state index contributed by atoms with van der Waals surface area (Å²) in [6, 6.07) is 0.552. The first-order chi connectivity index (χ1) is 8.31. The molecule has 1 heterocycles. The van der Waals surface area contributed by atoms with E-state index in [1.165, 1.54) is 0 Å². The molecular weight excluding hydrogens is 274 g/mol. The summed E-state index contributed by atoms with van der Waals surface area (Å²) >= 11 is 0.921. The molecule has 0 saturated heterocycles. The van der Waals surface area contributed by atoms with E-state index >= 15 is 0 Å². The van der Waals surface area contributed by atoms with Gasteiger partial charge in [0.2, 0.25) is 10.0 Å². The zero-order valence-corrected chi connectivity index (χ0v) is 11.6. The third kappa shape index (κ3) is 3.10. The molecule has 1 atom stereocenters. The Morgan fingerprint density at radius 2 is 2.28 bits per heavy atom. The van der Waals surface area contributed by atoms with Crippen molar-refractivity contribution in [1.82, 2.24) is 4.72 Å². The van der Waals surface area contributed by atoms with Gasteiger partial charge in [0.25, 0.3) is 0 Å². The predicted molar refractivity (Wildman–Crippen MR) is 69.2 cm³/mol. The van der Waals surface area contributed by atoms with Crippen LogP contribution in [0.25, 0.3) is 0 Å². The Balaban J connectivity index is 3.13. The van der Waals surface area contributed by atoms with E-state index in [0.717, 1.165) is 17.4 Å². The second kappa shape index (κ2) is 5.52. The van der Waals surface area contributed by atoms with Gasteiger partial charge in [-0.15, -0.1) is 17.8 Å². The van der Waals surface area contributed by atoms with Crippen molar-refractivity contribution in [2.45, 2.75) is 31.2 Å². The molecule has 7 heteroatoms. The molecule has 0 fully saturated rings. The van der Waals surface area contributed by atoms with Gasteiger partial charge in [0, 0.05) is 4.88 Å². The van der Waals surface area contributed by atoms with Crippen LogP contribution in [-0.4, -0.2) is 25.5 Å². The number of carboxylic acids is 1. The van der Waals surface area contributed by atoms with E-state index in [4.69, 9.17) is 11.5 Å². The first-order valence-corrected chi connectivity index (χ1v) is 7.44. The number of carbonyl (C=O) groups is 1. The predicted octanol–water partition coefficient (Wildman–Crippen LogP) is 1.44. The van der Waals surface area contributed by atoms with Gasteiger partial charge in [-0.1, -0.05) is 12.8 Å². The smallest absolute Gasteiger partial charge is 0.345 e. The monoisotopic (exact) mass is 287 g/mol. The standard InChI is InChI=1S/C11H13NO4S2/c1-4-8(5-2)12-18(15,16)10-6-9(11(13)14)17-7(10)3/h1,6,8,12H,5H2,2-3H3,(H,13,14). The molecule has 1 rings (SSSR count). The molecule has 98 valence electrons. The molecule has 0 radical (unpaired) electrons. The molecule has 0 spiro atoms. The Labute approximate surface area is 110 Å². The molecule has 0 saturated carbocycles. The van der Waals surface area contributed by atoms with Crippen LogP contribution in [0, 0.1) is 19.3 Å². The van der Waals surface area contributed by atoms with Gasteiger partial charge < -0.3 is 5.11 Å². The van der Waals surface area contributed by atoms with Crippen LogP contribution in [0.1, 0.15) is 27.9 Å². The van der Waals surface area contributed by atoms with Gasteiger partial charge >= 0.3 is 5.97 Å². The SMILES string of the molecule is C#CC(CC)NS(=O)(=O)c1cc(C(=O)O)sc1C. The summed E-state index contributed by atoms with van der Waals surface area (Å²) in [6.07, 6.45) is 5.65. The van der Waals surface area contributed by atoms with Crippen molar-refractivity contribution in [2.75, 3.05) is 0 Å². The molecule has 1 aromatic rings. The molecule has 1 aromatic heterocycles. The lowest BCUT2D eigenvalue weighted by atomic mass is 10.3. The number of aryl methyl sites for hydroxylation is 1. The minimum Gasteiger partial charge on any atom is -0.477 e. The Hall–Kier alpha value is -1.36. The molecule has 5 nitrogen and oxygen atoms in total. The minimum atomic E-state index is -3.77. The highest BCUT2D eigenvalue weighted by Crippen LogP contribution is 2.25. The van der Waals surface area contributed by atoms with Crippen LogP contribution in [0.15, 0.2) is 11.0 Å². The van der Waals surface area contributed by atoms with Crippen LogP contribution in [0.3, 0.4) is 0 Å². The molecule has 0 bridgehead atoms. The highest BCUT2D eigenvalue weighted by Gasteiger charge is 2.23. The number of carboxylic acid groups (broad SMARTS) is 1. The zero-order chi connectivity index (χ0) is 13.9. The average Bonchev–Trinajstić information content (AvgIpc) is 2.69. The van der Waals surface area contributed by atoms with E-state index in [-0.39, 0.29) is 9.77 Å². The molecular formula is C11H13NO4S2. The molecule has 0 aromatic carbocycles. The Kier molecular flexibility index (Phi) is 4.51. The summed E-state index contributed by atoms with van der Waals surface area (Å²) in [6.45, 7) is 3.32. The van der Waals surface area contributed by atoms with Crippen molar-refractivity contribution in [2.24, 2.45) is 0 Å². The van der Waals surface area contributed by atoms with E-state index in [2.05, 4.69) is 10.6 Å². The van der Waals surface area contributed by atoms with Crippen LogP contribution in [-0.2, 0) is 10.0 Å². The van der Waals surface area contributed by atoms with Crippen molar-refractivity contribution in [1.29, 1.82) is 0 Å².